The topological polar surface area (TPSA) is 26.0 Å². The van der Waals surface area contributed by atoms with Crippen LogP contribution >= 0.6 is 0 Å². The molecule has 0 heterocycles. The van der Waals surface area contributed by atoms with Gasteiger partial charge in [-0.2, -0.15) is 0 Å². The molecule has 1 atom stereocenters. The van der Waals surface area contributed by atoms with Crippen molar-refractivity contribution >= 4 is 0 Å². The molecule has 0 fully saturated rings. The molecule has 0 saturated heterocycles. The van der Waals surface area contributed by atoms with E-state index in [2.05, 4.69) is 45.0 Å². The van der Waals surface area contributed by atoms with E-state index < -0.39 is 0 Å². The molecule has 1 heteroatoms. The first-order valence-electron chi connectivity index (χ1n) is 5.27. The van der Waals surface area contributed by atoms with E-state index in [-0.39, 0.29) is 6.04 Å². The molecular weight excluding hydrogens is 170 g/mol. The second-order valence-corrected chi connectivity index (χ2v) is 5.21. The lowest BCUT2D eigenvalue weighted by molar-refractivity contribution is 0.338. The second-order valence-electron chi connectivity index (χ2n) is 5.21. The van der Waals surface area contributed by atoms with Crippen molar-refractivity contribution in [2.45, 2.75) is 39.7 Å². The van der Waals surface area contributed by atoms with Crippen LogP contribution in [0.1, 0.15) is 32.8 Å². The summed E-state index contributed by atoms with van der Waals surface area (Å²) in [5, 5.41) is 0. The van der Waals surface area contributed by atoms with E-state index >= 15 is 0 Å². The highest BCUT2D eigenvalue weighted by Crippen LogP contribution is 2.21. The number of nitrogens with two attached hydrogens (primary N) is 1. The number of benzene rings is 1. The molecule has 0 saturated carbocycles. The fourth-order valence-corrected chi connectivity index (χ4v) is 1.78. The van der Waals surface area contributed by atoms with Gasteiger partial charge in [0.2, 0.25) is 0 Å². The Bertz CT molecular complexity index is 258. The van der Waals surface area contributed by atoms with Crippen LogP contribution in [0.5, 0.6) is 0 Å². The first kappa shape index (κ1) is 11.3. The summed E-state index contributed by atoms with van der Waals surface area (Å²) in [5.41, 5.74) is 7.76. The van der Waals surface area contributed by atoms with Gasteiger partial charge in [-0.3, -0.25) is 0 Å². The van der Waals surface area contributed by atoms with Crippen molar-refractivity contribution in [3.63, 3.8) is 0 Å². The Morgan fingerprint density at radius 1 is 1.14 bits per heavy atom. The second kappa shape index (κ2) is 4.61. The summed E-state index contributed by atoms with van der Waals surface area (Å²) in [6.07, 6.45) is 2.06. The SMILES string of the molecule is CC(C)(C)C[C@H](N)Cc1ccccc1. The molecular formula is C13H21N. The largest absolute Gasteiger partial charge is 0.327 e. The van der Waals surface area contributed by atoms with Gasteiger partial charge < -0.3 is 5.73 Å². The van der Waals surface area contributed by atoms with Crippen LogP contribution in [0.4, 0.5) is 0 Å². The molecule has 0 radical (unpaired) electrons. The summed E-state index contributed by atoms with van der Waals surface area (Å²) in [7, 11) is 0. The minimum absolute atomic E-state index is 0.275. The van der Waals surface area contributed by atoms with Crippen LogP contribution in [0.3, 0.4) is 0 Å². The lowest BCUT2D eigenvalue weighted by Gasteiger charge is -2.23. The summed E-state index contributed by atoms with van der Waals surface area (Å²) in [5.74, 6) is 0. The van der Waals surface area contributed by atoms with Crippen LogP contribution in [-0.4, -0.2) is 6.04 Å². The maximum atomic E-state index is 6.09. The quantitative estimate of drug-likeness (QED) is 0.781. The minimum Gasteiger partial charge on any atom is -0.327 e. The maximum Gasteiger partial charge on any atom is 0.00843 e. The molecule has 2 N–H and O–H groups in total. The highest BCUT2D eigenvalue weighted by atomic mass is 14.6. The highest BCUT2D eigenvalue weighted by Gasteiger charge is 2.15. The first-order valence-corrected chi connectivity index (χ1v) is 5.27. The Balaban J connectivity index is 2.46. The molecule has 1 aromatic carbocycles. The van der Waals surface area contributed by atoms with E-state index in [1.165, 1.54) is 5.56 Å². The van der Waals surface area contributed by atoms with Crippen molar-refractivity contribution < 1.29 is 0 Å². The fraction of sp³-hybridized carbons (Fsp3) is 0.538. The molecule has 0 aliphatic carbocycles. The van der Waals surface area contributed by atoms with Crippen LogP contribution < -0.4 is 5.73 Å². The Hall–Kier alpha value is -0.820. The van der Waals surface area contributed by atoms with E-state index in [1.807, 2.05) is 6.07 Å². The van der Waals surface area contributed by atoms with Gasteiger partial charge in [0.05, 0.1) is 0 Å². The summed E-state index contributed by atoms with van der Waals surface area (Å²) in [6, 6.07) is 10.7. The van der Waals surface area contributed by atoms with Gasteiger partial charge in [0.15, 0.2) is 0 Å². The van der Waals surface area contributed by atoms with Crippen LogP contribution in [-0.2, 0) is 6.42 Å². The molecule has 0 unspecified atom stereocenters. The van der Waals surface area contributed by atoms with Crippen LogP contribution in [0, 0.1) is 5.41 Å². The Labute approximate surface area is 87.3 Å². The van der Waals surface area contributed by atoms with Gasteiger partial charge in [-0.1, -0.05) is 51.1 Å². The molecule has 1 nitrogen and oxygen atoms in total. The summed E-state index contributed by atoms with van der Waals surface area (Å²) in [4.78, 5) is 0. The van der Waals surface area contributed by atoms with Crippen LogP contribution in [0.2, 0.25) is 0 Å². The third kappa shape index (κ3) is 4.43. The molecule has 1 aromatic rings. The summed E-state index contributed by atoms with van der Waals surface area (Å²) < 4.78 is 0. The lowest BCUT2D eigenvalue weighted by Crippen LogP contribution is -2.28. The van der Waals surface area contributed by atoms with Gasteiger partial charge in [-0.05, 0) is 23.8 Å². The molecule has 14 heavy (non-hydrogen) atoms. The third-order valence-corrected chi connectivity index (χ3v) is 2.22. The molecule has 0 aromatic heterocycles. The Morgan fingerprint density at radius 3 is 2.21 bits per heavy atom. The fourth-order valence-electron chi connectivity index (χ4n) is 1.78. The van der Waals surface area contributed by atoms with Crippen LogP contribution in [0.25, 0.3) is 0 Å². The molecule has 0 amide bonds. The van der Waals surface area contributed by atoms with Gasteiger partial charge >= 0.3 is 0 Å². The van der Waals surface area contributed by atoms with Gasteiger partial charge in [-0.15, -0.1) is 0 Å². The summed E-state index contributed by atoms with van der Waals surface area (Å²) >= 11 is 0. The molecule has 1 rings (SSSR count). The number of rotatable bonds is 3. The number of hydrogen-bond acceptors (Lipinski definition) is 1. The van der Waals surface area contributed by atoms with Gasteiger partial charge in [-0.25, -0.2) is 0 Å². The van der Waals surface area contributed by atoms with Gasteiger partial charge in [0.25, 0.3) is 0 Å². The monoisotopic (exact) mass is 191 g/mol. The average Bonchev–Trinajstić information content (AvgIpc) is 2.02. The molecule has 0 bridgehead atoms. The zero-order chi connectivity index (χ0) is 10.6. The Kier molecular flexibility index (Phi) is 3.70. The van der Waals surface area contributed by atoms with E-state index in [9.17, 15) is 0 Å². The van der Waals surface area contributed by atoms with Crippen molar-refractivity contribution in [2.75, 3.05) is 0 Å². The highest BCUT2D eigenvalue weighted by molar-refractivity contribution is 5.15. The minimum atomic E-state index is 0.275. The number of hydrogen-bond donors (Lipinski definition) is 1. The first-order chi connectivity index (χ1) is 6.47. The normalized spacial score (nSPS) is 14.0. The van der Waals surface area contributed by atoms with E-state index in [0.29, 0.717) is 5.41 Å². The Morgan fingerprint density at radius 2 is 1.71 bits per heavy atom. The molecule has 0 spiro atoms. The molecule has 0 aliphatic heterocycles. The van der Waals surface area contributed by atoms with Crippen molar-refractivity contribution in [1.82, 2.24) is 0 Å². The van der Waals surface area contributed by atoms with Crippen molar-refractivity contribution in [3.05, 3.63) is 35.9 Å². The molecule has 0 aliphatic rings. The van der Waals surface area contributed by atoms with E-state index in [4.69, 9.17) is 5.73 Å². The summed E-state index contributed by atoms with van der Waals surface area (Å²) in [6.45, 7) is 6.70. The third-order valence-electron chi connectivity index (χ3n) is 2.22. The predicted octanol–water partition coefficient (Wildman–Crippen LogP) is 2.99. The van der Waals surface area contributed by atoms with Crippen molar-refractivity contribution in [2.24, 2.45) is 11.1 Å². The zero-order valence-corrected chi connectivity index (χ0v) is 9.46. The molecule has 78 valence electrons. The maximum absolute atomic E-state index is 6.09. The smallest absolute Gasteiger partial charge is 0.00843 e. The van der Waals surface area contributed by atoms with Crippen LogP contribution in [0.15, 0.2) is 30.3 Å². The zero-order valence-electron chi connectivity index (χ0n) is 9.46. The standard InChI is InChI=1S/C13H21N/c1-13(2,3)10-12(14)9-11-7-5-4-6-8-11/h4-8,12H,9-10,14H2,1-3H3/t12-/m1/s1. The van der Waals surface area contributed by atoms with Gasteiger partial charge in [0.1, 0.15) is 0 Å². The van der Waals surface area contributed by atoms with Gasteiger partial charge in [0, 0.05) is 6.04 Å². The van der Waals surface area contributed by atoms with Crippen molar-refractivity contribution in [1.29, 1.82) is 0 Å². The van der Waals surface area contributed by atoms with E-state index in [1.54, 1.807) is 0 Å². The predicted molar refractivity (Wildman–Crippen MR) is 62.2 cm³/mol. The lowest BCUT2D eigenvalue weighted by atomic mass is 9.86. The average molecular weight is 191 g/mol. The van der Waals surface area contributed by atoms with E-state index in [0.717, 1.165) is 12.8 Å². The van der Waals surface area contributed by atoms with Crippen molar-refractivity contribution in [3.8, 4) is 0 Å².